The summed E-state index contributed by atoms with van der Waals surface area (Å²) >= 11 is 0. The highest BCUT2D eigenvalue weighted by Gasteiger charge is 2.23. The smallest absolute Gasteiger partial charge is 0.159 e. The van der Waals surface area contributed by atoms with Crippen LogP contribution < -0.4 is 10.2 Å². The fourth-order valence-electron chi connectivity index (χ4n) is 7.56. The van der Waals surface area contributed by atoms with E-state index in [4.69, 9.17) is 14.4 Å². The minimum atomic E-state index is -0.297. The summed E-state index contributed by atoms with van der Waals surface area (Å²) in [5, 5.41) is 8.20. The molecule has 1 unspecified atom stereocenters. The quantitative estimate of drug-likeness (QED) is 0.181. The molecule has 1 N–H and O–H groups in total. The number of anilines is 3. The molecule has 0 saturated heterocycles. The van der Waals surface area contributed by atoms with Gasteiger partial charge in [0.25, 0.3) is 0 Å². The van der Waals surface area contributed by atoms with Gasteiger partial charge >= 0.3 is 0 Å². The molecule has 2 heterocycles. The first-order valence-electron chi connectivity index (χ1n) is 18.2. The van der Waals surface area contributed by atoms with Crippen LogP contribution in [0.25, 0.3) is 43.8 Å². The lowest BCUT2D eigenvalue weighted by Gasteiger charge is -2.25. The third-order valence-electron chi connectivity index (χ3n) is 10.1. The van der Waals surface area contributed by atoms with Crippen molar-refractivity contribution in [2.24, 2.45) is 9.98 Å². The topological polar surface area (TPSA) is 53.1 Å². The molecule has 54 heavy (non-hydrogen) atoms. The summed E-state index contributed by atoms with van der Waals surface area (Å²) in [5.74, 6) is 1.49. The van der Waals surface area contributed by atoms with E-state index in [2.05, 4.69) is 174 Å². The summed E-state index contributed by atoms with van der Waals surface area (Å²) in [6, 6.07) is 67.4. The van der Waals surface area contributed by atoms with Crippen LogP contribution >= 0.6 is 0 Å². The van der Waals surface area contributed by atoms with Gasteiger partial charge in [-0.3, -0.25) is 0 Å². The third-order valence-corrected chi connectivity index (χ3v) is 10.1. The van der Waals surface area contributed by atoms with Crippen molar-refractivity contribution in [3.63, 3.8) is 0 Å². The van der Waals surface area contributed by atoms with Crippen molar-refractivity contribution in [3.05, 3.63) is 211 Å². The summed E-state index contributed by atoms with van der Waals surface area (Å²) in [5.41, 5.74) is 10.2. The first-order valence-corrected chi connectivity index (χ1v) is 18.2. The van der Waals surface area contributed by atoms with Gasteiger partial charge in [0, 0.05) is 50.6 Å². The second-order valence-electron chi connectivity index (χ2n) is 13.4. The van der Waals surface area contributed by atoms with Crippen LogP contribution in [0.1, 0.15) is 22.9 Å². The Morgan fingerprint density at radius 1 is 0.481 bits per heavy atom. The first-order chi connectivity index (χ1) is 26.8. The van der Waals surface area contributed by atoms with Gasteiger partial charge in [-0.25, -0.2) is 9.98 Å². The number of aliphatic imine (C=N–C) groups is 2. The van der Waals surface area contributed by atoms with Crippen molar-refractivity contribution in [2.75, 3.05) is 4.90 Å². The summed E-state index contributed by atoms with van der Waals surface area (Å²) in [7, 11) is 0. The van der Waals surface area contributed by atoms with Gasteiger partial charge < -0.3 is 14.6 Å². The third kappa shape index (κ3) is 5.69. The van der Waals surface area contributed by atoms with E-state index >= 15 is 0 Å². The predicted molar refractivity (Wildman–Crippen MR) is 223 cm³/mol. The highest BCUT2D eigenvalue weighted by Crippen LogP contribution is 2.41. The maximum atomic E-state index is 6.57. The van der Waals surface area contributed by atoms with Gasteiger partial charge in [0.05, 0.1) is 0 Å². The van der Waals surface area contributed by atoms with Gasteiger partial charge in [-0.2, -0.15) is 0 Å². The highest BCUT2D eigenvalue weighted by atomic mass is 16.3. The van der Waals surface area contributed by atoms with Crippen molar-refractivity contribution in [1.29, 1.82) is 0 Å². The van der Waals surface area contributed by atoms with Crippen molar-refractivity contribution >= 4 is 61.4 Å². The average molecular weight is 695 g/mol. The Hall–Kier alpha value is -7.24. The number of hydrogen-bond acceptors (Lipinski definition) is 5. The molecule has 0 aliphatic carbocycles. The molecule has 1 aliphatic rings. The van der Waals surface area contributed by atoms with Gasteiger partial charge in [0.1, 0.15) is 23.2 Å². The van der Waals surface area contributed by atoms with Crippen LogP contribution in [0.4, 0.5) is 17.1 Å². The van der Waals surface area contributed by atoms with Gasteiger partial charge in [-0.15, -0.1) is 0 Å². The Morgan fingerprint density at radius 2 is 1.13 bits per heavy atom. The fraction of sp³-hybridized carbons (Fsp3) is 0.0204. The maximum Gasteiger partial charge on any atom is 0.159 e. The summed E-state index contributed by atoms with van der Waals surface area (Å²) in [4.78, 5) is 12.4. The molecule has 0 fully saturated rings. The zero-order chi connectivity index (χ0) is 35.8. The summed E-state index contributed by atoms with van der Waals surface area (Å²) in [6.45, 7) is 0. The van der Waals surface area contributed by atoms with Gasteiger partial charge in [0.2, 0.25) is 0 Å². The number of benzene rings is 8. The number of hydrogen-bond donors (Lipinski definition) is 1. The normalized spacial score (nSPS) is 14.1. The van der Waals surface area contributed by atoms with Crippen LogP contribution in [-0.4, -0.2) is 11.7 Å². The molecule has 256 valence electrons. The second-order valence-corrected chi connectivity index (χ2v) is 13.4. The molecule has 0 amide bonds. The lowest BCUT2D eigenvalue weighted by atomic mass is 9.98. The van der Waals surface area contributed by atoms with E-state index in [0.29, 0.717) is 5.84 Å². The Bertz CT molecular complexity index is 2800. The average Bonchev–Trinajstić information content (AvgIpc) is 3.63. The van der Waals surface area contributed by atoms with Gasteiger partial charge in [-0.1, -0.05) is 146 Å². The molecule has 0 saturated carbocycles. The first kappa shape index (κ1) is 31.5. The molecule has 1 aromatic heterocycles. The molecule has 9 aromatic rings. The number of nitrogens with zero attached hydrogens (tertiary/aromatic N) is 3. The van der Waals surface area contributed by atoms with Crippen molar-refractivity contribution in [1.82, 2.24) is 5.32 Å². The fourth-order valence-corrected chi connectivity index (χ4v) is 7.56. The molecule has 10 rings (SSSR count). The molecular weight excluding hydrogens is 661 g/mol. The Morgan fingerprint density at radius 3 is 1.89 bits per heavy atom. The molecule has 0 spiro atoms. The van der Waals surface area contributed by atoms with E-state index in [1.165, 1.54) is 10.8 Å². The van der Waals surface area contributed by atoms with E-state index < -0.39 is 0 Å². The number of fused-ring (bicyclic) bond motifs is 4. The van der Waals surface area contributed by atoms with Gasteiger partial charge in [0.15, 0.2) is 5.84 Å². The SMILES string of the molecule is c1ccc(C2=NC(c3cccc4ccccc34)NC(c3ccc(-c4cccc5oc6cc(N(c7ccccc7)c7ccccc7)ccc6c45)cc3)=N2)cc1. The van der Waals surface area contributed by atoms with Gasteiger partial charge in [-0.05, 0) is 64.4 Å². The van der Waals surface area contributed by atoms with E-state index in [1.54, 1.807) is 0 Å². The van der Waals surface area contributed by atoms with Crippen LogP contribution in [0, 0.1) is 0 Å². The van der Waals surface area contributed by atoms with Crippen LogP contribution in [0.3, 0.4) is 0 Å². The van der Waals surface area contributed by atoms with E-state index in [1.807, 2.05) is 30.3 Å². The standard InChI is InChI=1S/C49H34N4O/c1-4-15-35(16-5-1)47-50-48(52-49(51-47)42-24-12-17-33-14-10-11-22-40(33)42)36-28-26-34(27-29-36)41-23-13-25-44-46(41)43-31-30-39(32-45(43)54-44)53(37-18-6-2-7-19-37)38-20-8-3-9-21-38/h1-32,49H,(H,50,51,52). The van der Waals surface area contributed by atoms with Crippen LogP contribution in [0.2, 0.25) is 0 Å². The molecule has 0 bridgehead atoms. The van der Waals surface area contributed by atoms with Crippen LogP contribution in [0.5, 0.6) is 0 Å². The van der Waals surface area contributed by atoms with Crippen molar-refractivity contribution in [3.8, 4) is 11.1 Å². The number of rotatable bonds is 7. The van der Waals surface area contributed by atoms with Crippen molar-refractivity contribution in [2.45, 2.75) is 6.17 Å². The Labute approximate surface area is 313 Å². The Kier molecular flexibility index (Phi) is 7.81. The molecular formula is C49H34N4O. The van der Waals surface area contributed by atoms with E-state index in [9.17, 15) is 0 Å². The zero-order valence-corrected chi connectivity index (χ0v) is 29.3. The molecule has 5 nitrogen and oxygen atoms in total. The summed E-state index contributed by atoms with van der Waals surface area (Å²) in [6.07, 6.45) is -0.297. The molecule has 5 heteroatoms. The molecule has 1 atom stereocenters. The minimum absolute atomic E-state index is 0.297. The highest BCUT2D eigenvalue weighted by molar-refractivity contribution is 6.15. The molecule has 8 aromatic carbocycles. The Balaban J connectivity index is 1.02. The monoisotopic (exact) mass is 694 g/mol. The zero-order valence-electron chi connectivity index (χ0n) is 29.3. The number of para-hydroxylation sites is 2. The number of nitrogens with one attached hydrogen (secondary N) is 1. The lowest BCUT2D eigenvalue weighted by molar-refractivity contribution is 0.669. The molecule has 0 radical (unpaired) electrons. The van der Waals surface area contributed by atoms with E-state index in [0.717, 1.165) is 72.7 Å². The second kappa shape index (κ2) is 13.4. The summed E-state index contributed by atoms with van der Waals surface area (Å²) < 4.78 is 6.57. The maximum absolute atomic E-state index is 6.57. The van der Waals surface area contributed by atoms with Crippen LogP contribution in [0.15, 0.2) is 209 Å². The van der Waals surface area contributed by atoms with E-state index in [-0.39, 0.29) is 6.17 Å². The van der Waals surface area contributed by atoms with Crippen molar-refractivity contribution < 1.29 is 4.42 Å². The largest absolute Gasteiger partial charge is 0.456 e. The lowest BCUT2D eigenvalue weighted by Crippen LogP contribution is -2.33. The predicted octanol–water partition coefficient (Wildman–Crippen LogP) is 12.4. The number of amidine groups is 2. The minimum Gasteiger partial charge on any atom is -0.456 e. The molecule has 1 aliphatic heterocycles. The number of furan rings is 1. The van der Waals surface area contributed by atoms with Crippen LogP contribution in [-0.2, 0) is 0 Å².